The van der Waals surface area contributed by atoms with Crippen molar-refractivity contribution in [2.24, 2.45) is 0 Å². The van der Waals surface area contributed by atoms with E-state index in [9.17, 15) is 13.6 Å². The van der Waals surface area contributed by atoms with Crippen LogP contribution in [0.25, 0.3) is 0 Å². The summed E-state index contributed by atoms with van der Waals surface area (Å²) in [5, 5.41) is 2.77. The van der Waals surface area contributed by atoms with Crippen LogP contribution in [0.15, 0.2) is 35.2 Å². The molecule has 1 aliphatic heterocycles. The van der Waals surface area contributed by atoms with Crippen molar-refractivity contribution in [3.05, 3.63) is 47.3 Å². The van der Waals surface area contributed by atoms with Crippen molar-refractivity contribution in [1.29, 1.82) is 0 Å². The molecule has 26 heavy (non-hydrogen) atoms. The fourth-order valence-corrected chi connectivity index (χ4v) is 3.52. The second kappa shape index (κ2) is 8.44. The molecular formula is C18H20F2N4OS. The van der Waals surface area contributed by atoms with E-state index in [0.717, 1.165) is 31.6 Å². The van der Waals surface area contributed by atoms with Crippen LogP contribution in [0.5, 0.6) is 0 Å². The molecule has 1 aromatic carbocycles. The SMILES string of the molecule is Cc1cc(CNC(=O)c2ccccc2SC(F)F)nc(N2CCCC2)n1. The van der Waals surface area contributed by atoms with Crippen molar-refractivity contribution in [3.8, 4) is 0 Å². The Kier molecular flexibility index (Phi) is 6.03. The van der Waals surface area contributed by atoms with Crippen LogP contribution in [0.3, 0.4) is 0 Å². The van der Waals surface area contributed by atoms with E-state index >= 15 is 0 Å². The minimum Gasteiger partial charge on any atom is -0.346 e. The van der Waals surface area contributed by atoms with Gasteiger partial charge in [0.2, 0.25) is 5.95 Å². The molecule has 2 aromatic rings. The number of nitrogens with zero attached hydrogens (tertiary/aromatic N) is 3. The van der Waals surface area contributed by atoms with Gasteiger partial charge in [-0.05, 0) is 38.0 Å². The maximum atomic E-state index is 12.7. The molecular weight excluding hydrogens is 358 g/mol. The molecule has 0 bridgehead atoms. The molecule has 1 aliphatic rings. The minimum atomic E-state index is -2.57. The first-order valence-electron chi connectivity index (χ1n) is 8.44. The van der Waals surface area contributed by atoms with Gasteiger partial charge in [0.25, 0.3) is 11.7 Å². The Bertz CT molecular complexity index is 782. The predicted octanol–water partition coefficient (Wildman–Crippen LogP) is 3.63. The summed E-state index contributed by atoms with van der Waals surface area (Å²) in [6.45, 7) is 3.98. The number of rotatable bonds is 6. The minimum absolute atomic E-state index is 0.219. The Labute approximate surface area is 155 Å². The highest BCUT2D eigenvalue weighted by molar-refractivity contribution is 7.99. The molecule has 0 unspecified atom stereocenters. The Morgan fingerprint density at radius 3 is 2.73 bits per heavy atom. The van der Waals surface area contributed by atoms with Crippen LogP contribution in [0.4, 0.5) is 14.7 Å². The average molecular weight is 378 g/mol. The van der Waals surface area contributed by atoms with E-state index in [1.54, 1.807) is 18.2 Å². The molecule has 0 saturated carbocycles. The molecule has 1 N–H and O–H groups in total. The quantitative estimate of drug-likeness (QED) is 0.778. The number of halogens is 2. The third-order valence-electron chi connectivity index (χ3n) is 4.06. The van der Waals surface area contributed by atoms with Gasteiger partial charge < -0.3 is 10.2 Å². The Morgan fingerprint density at radius 1 is 1.27 bits per heavy atom. The van der Waals surface area contributed by atoms with Crippen LogP contribution in [-0.2, 0) is 6.54 Å². The van der Waals surface area contributed by atoms with Crippen molar-refractivity contribution >= 4 is 23.6 Å². The number of benzene rings is 1. The number of carbonyl (C=O) groups excluding carboxylic acids is 1. The summed E-state index contributed by atoms with van der Waals surface area (Å²) in [5.41, 5.74) is 1.77. The van der Waals surface area contributed by atoms with Gasteiger partial charge in [0.1, 0.15) is 0 Å². The van der Waals surface area contributed by atoms with Gasteiger partial charge in [0.15, 0.2) is 0 Å². The molecule has 8 heteroatoms. The highest BCUT2D eigenvalue weighted by Crippen LogP contribution is 2.28. The van der Waals surface area contributed by atoms with Gasteiger partial charge >= 0.3 is 0 Å². The zero-order valence-electron chi connectivity index (χ0n) is 14.4. The molecule has 1 saturated heterocycles. The van der Waals surface area contributed by atoms with Crippen LogP contribution in [0.1, 0.15) is 34.6 Å². The molecule has 1 fully saturated rings. The van der Waals surface area contributed by atoms with Crippen LogP contribution < -0.4 is 10.2 Å². The Hall–Kier alpha value is -2.22. The average Bonchev–Trinajstić information content (AvgIpc) is 3.14. The first-order chi connectivity index (χ1) is 12.5. The molecule has 1 amide bonds. The largest absolute Gasteiger partial charge is 0.346 e. The van der Waals surface area contributed by atoms with Crippen LogP contribution in [-0.4, -0.2) is 34.7 Å². The number of anilines is 1. The molecule has 3 rings (SSSR count). The highest BCUT2D eigenvalue weighted by atomic mass is 32.2. The van der Waals surface area contributed by atoms with E-state index < -0.39 is 11.7 Å². The fourth-order valence-electron chi connectivity index (χ4n) is 2.89. The molecule has 2 heterocycles. The van der Waals surface area contributed by atoms with Gasteiger partial charge in [-0.3, -0.25) is 4.79 Å². The second-order valence-corrected chi connectivity index (χ2v) is 7.08. The van der Waals surface area contributed by atoms with E-state index in [0.29, 0.717) is 23.4 Å². The second-order valence-electron chi connectivity index (χ2n) is 6.05. The van der Waals surface area contributed by atoms with Gasteiger partial charge in [0.05, 0.1) is 17.8 Å². The van der Waals surface area contributed by atoms with Gasteiger partial charge in [-0.15, -0.1) is 0 Å². The van der Waals surface area contributed by atoms with Crippen molar-refractivity contribution in [1.82, 2.24) is 15.3 Å². The van der Waals surface area contributed by atoms with Crippen LogP contribution in [0, 0.1) is 6.92 Å². The molecule has 1 aromatic heterocycles. The lowest BCUT2D eigenvalue weighted by molar-refractivity contribution is 0.0947. The van der Waals surface area contributed by atoms with Gasteiger partial charge in [0, 0.05) is 23.7 Å². The lowest BCUT2D eigenvalue weighted by Crippen LogP contribution is -2.26. The van der Waals surface area contributed by atoms with Crippen molar-refractivity contribution in [2.75, 3.05) is 18.0 Å². The molecule has 0 aliphatic carbocycles. The lowest BCUT2D eigenvalue weighted by atomic mass is 10.2. The maximum Gasteiger partial charge on any atom is 0.288 e. The molecule has 5 nitrogen and oxygen atoms in total. The number of aryl methyl sites for hydroxylation is 1. The number of nitrogens with one attached hydrogen (secondary N) is 1. The van der Waals surface area contributed by atoms with Gasteiger partial charge in [-0.2, -0.15) is 8.78 Å². The zero-order chi connectivity index (χ0) is 18.5. The highest BCUT2D eigenvalue weighted by Gasteiger charge is 2.17. The monoisotopic (exact) mass is 378 g/mol. The number of hydrogen-bond acceptors (Lipinski definition) is 5. The van der Waals surface area contributed by atoms with Crippen molar-refractivity contribution in [3.63, 3.8) is 0 Å². The van der Waals surface area contributed by atoms with E-state index in [2.05, 4.69) is 20.2 Å². The zero-order valence-corrected chi connectivity index (χ0v) is 15.2. The number of hydrogen-bond donors (Lipinski definition) is 1. The summed E-state index contributed by atoms with van der Waals surface area (Å²) >= 11 is 0.370. The molecule has 0 radical (unpaired) electrons. The summed E-state index contributed by atoms with van der Waals surface area (Å²) in [6.07, 6.45) is 2.25. The Morgan fingerprint density at radius 2 is 2.00 bits per heavy atom. The maximum absolute atomic E-state index is 12.7. The summed E-state index contributed by atoms with van der Waals surface area (Å²) in [7, 11) is 0. The van der Waals surface area contributed by atoms with Crippen molar-refractivity contribution < 1.29 is 13.6 Å². The normalized spacial score (nSPS) is 14.1. The van der Waals surface area contributed by atoms with Gasteiger partial charge in [-0.25, -0.2) is 9.97 Å². The molecule has 138 valence electrons. The third kappa shape index (κ3) is 4.69. The fraction of sp³-hybridized carbons (Fsp3) is 0.389. The third-order valence-corrected chi connectivity index (χ3v) is 4.85. The number of thioether (sulfide) groups is 1. The van der Waals surface area contributed by atoms with E-state index in [1.807, 2.05) is 13.0 Å². The van der Waals surface area contributed by atoms with Crippen LogP contribution in [0.2, 0.25) is 0 Å². The summed E-state index contributed by atoms with van der Waals surface area (Å²) in [6, 6.07) is 8.18. The molecule has 0 spiro atoms. The topological polar surface area (TPSA) is 58.1 Å². The first-order valence-corrected chi connectivity index (χ1v) is 9.32. The number of carbonyl (C=O) groups is 1. The number of aromatic nitrogens is 2. The smallest absolute Gasteiger partial charge is 0.288 e. The van der Waals surface area contributed by atoms with Crippen LogP contribution >= 0.6 is 11.8 Å². The van der Waals surface area contributed by atoms with E-state index in [4.69, 9.17) is 0 Å². The standard InChI is InChI=1S/C18H20F2N4OS/c1-12-10-13(23-18(22-12)24-8-4-5-9-24)11-21-16(25)14-6-2-3-7-15(14)26-17(19)20/h2-3,6-7,10,17H,4-5,8-9,11H2,1H3,(H,21,25). The van der Waals surface area contributed by atoms with E-state index in [1.165, 1.54) is 6.07 Å². The number of alkyl halides is 2. The summed E-state index contributed by atoms with van der Waals surface area (Å²) in [5.74, 6) is -2.29. The molecule has 0 atom stereocenters. The first kappa shape index (κ1) is 18.6. The van der Waals surface area contributed by atoms with Gasteiger partial charge in [-0.1, -0.05) is 23.9 Å². The lowest BCUT2D eigenvalue weighted by Gasteiger charge is -2.16. The van der Waals surface area contributed by atoms with Crippen molar-refractivity contribution in [2.45, 2.75) is 37.0 Å². The summed E-state index contributed by atoms with van der Waals surface area (Å²) < 4.78 is 25.3. The van der Waals surface area contributed by atoms with E-state index in [-0.39, 0.29) is 17.0 Å². The Balaban J connectivity index is 1.70. The summed E-state index contributed by atoms with van der Waals surface area (Å²) in [4.78, 5) is 23.8. The predicted molar refractivity (Wildman–Crippen MR) is 97.7 cm³/mol. The number of amides is 1.